The van der Waals surface area contributed by atoms with Crippen molar-refractivity contribution in [2.24, 2.45) is 5.10 Å². The molecule has 0 aliphatic carbocycles. The fraction of sp³-hybridized carbons (Fsp3) is 0.0250. The van der Waals surface area contributed by atoms with E-state index >= 15 is 0 Å². The molecule has 6 aromatic rings. The second kappa shape index (κ2) is 15.0. The lowest BCUT2D eigenvalue weighted by molar-refractivity contribution is -0.140. The zero-order valence-electron chi connectivity index (χ0n) is 26.8. The number of para-hydroxylation sites is 2. The molecule has 8 nitrogen and oxygen atoms in total. The van der Waals surface area contributed by atoms with Crippen molar-refractivity contribution in [2.45, 2.75) is 0 Å². The smallest absolute Gasteiger partial charge is 0.323 e. The van der Waals surface area contributed by atoms with Gasteiger partial charge in [-0.2, -0.15) is 5.10 Å². The Hall–Kier alpha value is -5.81. The maximum absolute atomic E-state index is 12.8. The van der Waals surface area contributed by atoms with Gasteiger partial charge >= 0.3 is 5.97 Å². The Labute approximate surface area is 308 Å². The quantitative estimate of drug-likeness (QED) is 0.0646. The molecule has 0 saturated carbocycles. The van der Waals surface area contributed by atoms with Gasteiger partial charge in [0.15, 0.2) is 0 Å². The van der Waals surface area contributed by atoms with Gasteiger partial charge in [-0.15, -0.1) is 0 Å². The van der Waals surface area contributed by atoms with Crippen molar-refractivity contribution in [2.75, 3.05) is 16.5 Å². The maximum Gasteiger partial charge on any atom is 0.323 e. The molecule has 51 heavy (non-hydrogen) atoms. The number of thiocarbonyl (C=S) groups is 1. The summed E-state index contributed by atoms with van der Waals surface area (Å²) in [4.78, 5) is 32.2. The first kappa shape index (κ1) is 33.7. The summed E-state index contributed by atoms with van der Waals surface area (Å²) in [5.41, 5.74) is 7.05. The number of carbonyl (C=O) groups is 2. The SMILES string of the molecule is O=C(O)CN1C(=O)C(=Cc2ccc(N(N=Cc3ccc(N(c4ccccc4)c4ccccc4)cc3)c3ccnc4cc(Cl)ccc34)cc2)SC1=S. The van der Waals surface area contributed by atoms with E-state index in [4.69, 9.17) is 34.0 Å². The lowest BCUT2D eigenvalue weighted by atomic mass is 10.1. The van der Waals surface area contributed by atoms with Gasteiger partial charge in [-0.1, -0.05) is 96.2 Å². The van der Waals surface area contributed by atoms with E-state index in [9.17, 15) is 9.59 Å². The molecule has 0 unspecified atom stereocenters. The number of carbonyl (C=O) groups excluding carboxylic acids is 1. The number of halogens is 1. The second-order valence-corrected chi connectivity index (χ2v) is 13.5. The molecule has 7 rings (SSSR count). The van der Waals surface area contributed by atoms with Crippen LogP contribution in [0.1, 0.15) is 11.1 Å². The van der Waals surface area contributed by atoms with Gasteiger partial charge in [0.05, 0.1) is 28.0 Å². The van der Waals surface area contributed by atoms with Crippen LogP contribution in [-0.4, -0.2) is 43.9 Å². The number of amides is 1. The van der Waals surface area contributed by atoms with E-state index in [1.165, 1.54) is 0 Å². The average Bonchev–Trinajstić information content (AvgIpc) is 3.40. The third-order valence-corrected chi connectivity index (χ3v) is 9.63. The summed E-state index contributed by atoms with van der Waals surface area (Å²) >= 11 is 12.6. The number of anilines is 5. The fourth-order valence-corrected chi connectivity index (χ4v) is 7.05. The van der Waals surface area contributed by atoms with Crippen LogP contribution in [0.5, 0.6) is 0 Å². The number of aliphatic carboxylic acids is 1. The molecule has 2 heterocycles. The highest BCUT2D eigenvalue weighted by Gasteiger charge is 2.33. The normalized spacial score (nSPS) is 13.7. The molecular formula is C40H28ClN5O3S2. The topological polar surface area (TPSA) is 89.3 Å². The second-order valence-electron chi connectivity index (χ2n) is 11.4. The molecule has 1 amide bonds. The first-order valence-electron chi connectivity index (χ1n) is 15.8. The lowest BCUT2D eigenvalue weighted by Crippen LogP contribution is -2.33. The highest BCUT2D eigenvalue weighted by Crippen LogP contribution is 2.36. The number of carboxylic acids is 1. The number of aromatic nitrogens is 1. The number of thioether (sulfide) groups is 1. The van der Waals surface area contributed by atoms with E-state index in [1.807, 2.05) is 108 Å². The van der Waals surface area contributed by atoms with Crippen LogP contribution in [0.4, 0.5) is 28.4 Å². The number of nitrogens with zero attached hydrogens (tertiary/aromatic N) is 5. The number of carboxylic acid groups (broad SMARTS) is 1. The Balaban J connectivity index is 1.21. The standard InChI is InChI=1S/C40H28ClN5O3S2/c41-29-15-20-34-35(24-29)42-22-21-36(34)46(33-18-11-27(12-19-33)23-37-39(49)44(26-38(47)48)40(50)51-37)43-25-28-13-16-32(17-14-28)45(30-7-3-1-4-8-30)31-9-5-2-6-10-31/h1-25H,26H2,(H,47,48). The van der Waals surface area contributed by atoms with Crippen molar-refractivity contribution in [1.82, 2.24) is 9.88 Å². The van der Waals surface area contributed by atoms with Crippen LogP contribution >= 0.6 is 35.6 Å². The molecule has 1 N–H and O–H groups in total. The number of fused-ring (bicyclic) bond motifs is 1. The monoisotopic (exact) mass is 725 g/mol. The van der Waals surface area contributed by atoms with Crippen LogP contribution in [0.2, 0.25) is 5.02 Å². The number of hydrazone groups is 1. The van der Waals surface area contributed by atoms with Crippen LogP contribution in [0.15, 0.2) is 150 Å². The van der Waals surface area contributed by atoms with Gasteiger partial charge in [-0.3, -0.25) is 19.5 Å². The van der Waals surface area contributed by atoms with Gasteiger partial charge in [0.2, 0.25) is 0 Å². The molecule has 1 saturated heterocycles. The molecule has 0 radical (unpaired) electrons. The summed E-state index contributed by atoms with van der Waals surface area (Å²) < 4.78 is 0.219. The Morgan fingerprint density at radius 3 is 2.08 bits per heavy atom. The number of benzene rings is 5. The Kier molecular flexibility index (Phi) is 9.89. The molecule has 0 atom stereocenters. The number of pyridine rings is 1. The van der Waals surface area contributed by atoms with E-state index in [0.717, 1.165) is 67.1 Å². The van der Waals surface area contributed by atoms with E-state index in [2.05, 4.69) is 46.3 Å². The number of hydrogen-bond donors (Lipinski definition) is 1. The molecule has 0 spiro atoms. The van der Waals surface area contributed by atoms with Crippen LogP contribution in [-0.2, 0) is 9.59 Å². The third kappa shape index (κ3) is 7.53. The number of hydrogen-bond acceptors (Lipinski definition) is 8. The molecular weight excluding hydrogens is 698 g/mol. The van der Waals surface area contributed by atoms with E-state index in [1.54, 1.807) is 12.3 Å². The minimum Gasteiger partial charge on any atom is -0.480 e. The van der Waals surface area contributed by atoms with Gasteiger partial charge in [0.1, 0.15) is 10.9 Å². The summed E-state index contributed by atoms with van der Waals surface area (Å²) in [6, 6.07) is 43.7. The highest BCUT2D eigenvalue weighted by atomic mass is 35.5. The summed E-state index contributed by atoms with van der Waals surface area (Å²) in [5.74, 6) is -1.55. The summed E-state index contributed by atoms with van der Waals surface area (Å²) in [7, 11) is 0. The van der Waals surface area contributed by atoms with Crippen LogP contribution < -0.4 is 9.91 Å². The molecule has 11 heteroatoms. The maximum atomic E-state index is 12.8. The van der Waals surface area contributed by atoms with Crippen LogP contribution in [0.3, 0.4) is 0 Å². The predicted octanol–water partition coefficient (Wildman–Crippen LogP) is 9.82. The first-order valence-corrected chi connectivity index (χ1v) is 17.4. The van der Waals surface area contributed by atoms with E-state index < -0.39 is 18.4 Å². The third-order valence-electron chi connectivity index (χ3n) is 8.01. The van der Waals surface area contributed by atoms with E-state index in [0.29, 0.717) is 9.93 Å². The van der Waals surface area contributed by atoms with Crippen molar-refractivity contribution in [1.29, 1.82) is 0 Å². The highest BCUT2D eigenvalue weighted by molar-refractivity contribution is 8.26. The fourth-order valence-electron chi connectivity index (χ4n) is 5.63. The summed E-state index contributed by atoms with van der Waals surface area (Å²) in [6.07, 6.45) is 5.24. The van der Waals surface area contributed by atoms with Crippen molar-refractivity contribution >= 4 is 103 Å². The van der Waals surface area contributed by atoms with Crippen molar-refractivity contribution in [3.63, 3.8) is 0 Å². The largest absolute Gasteiger partial charge is 0.480 e. The van der Waals surface area contributed by atoms with Gasteiger partial charge < -0.3 is 10.0 Å². The average molecular weight is 726 g/mol. The molecule has 250 valence electrons. The first-order chi connectivity index (χ1) is 24.8. The Morgan fingerprint density at radius 2 is 1.43 bits per heavy atom. The Morgan fingerprint density at radius 1 is 0.824 bits per heavy atom. The van der Waals surface area contributed by atoms with Gasteiger partial charge in [-0.05, 0) is 90.0 Å². The lowest BCUT2D eigenvalue weighted by Gasteiger charge is -2.25. The van der Waals surface area contributed by atoms with Crippen LogP contribution in [0, 0.1) is 0 Å². The molecule has 1 aliphatic heterocycles. The van der Waals surface area contributed by atoms with Crippen LogP contribution in [0.25, 0.3) is 17.0 Å². The minimum absolute atomic E-state index is 0.219. The summed E-state index contributed by atoms with van der Waals surface area (Å²) in [5, 5.41) is 17.4. The zero-order chi connectivity index (χ0) is 35.3. The molecule has 1 aromatic heterocycles. The van der Waals surface area contributed by atoms with Crippen molar-refractivity contribution in [3.8, 4) is 0 Å². The predicted molar refractivity (Wildman–Crippen MR) is 212 cm³/mol. The van der Waals surface area contributed by atoms with Gasteiger partial charge in [0.25, 0.3) is 5.91 Å². The molecule has 1 fully saturated rings. The van der Waals surface area contributed by atoms with Crippen molar-refractivity contribution in [3.05, 3.63) is 161 Å². The molecule has 5 aromatic carbocycles. The number of rotatable bonds is 10. The van der Waals surface area contributed by atoms with E-state index in [-0.39, 0.29) is 4.32 Å². The Bertz CT molecular complexity index is 2260. The minimum atomic E-state index is -1.12. The van der Waals surface area contributed by atoms with Gasteiger partial charge in [-0.25, -0.2) is 5.01 Å². The molecule has 1 aliphatic rings. The summed E-state index contributed by atoms with van der Waals surface area (Å²) in [6.45, 7) is -0.472. The van der Waals surface area contributed by atoms with Gasteiger partial charge in [0, 0.05) is 33.7 Å². The zero-order valence-corrected chi connectivity index (χ0v) is 29.2. The van der Waals surface area contributed by atoms with Crippen molar-refractivity contribution < 1.29 is 14.7 Å². The molecule has 0 bridgehead atoms.